The lowest BCUT2D eigenvalue weighted by atomic mass is 10.4. The Morgan fingerprint density at radius 2 is 2.32 bits per heavy atom. The van der Waals surface area contributed by atoms with Gasteiger partial charge in [-0.05, 0) is 25.1 Å². The van der Waals surface area contributed by atoms with E-state index in [1.807, 2.05) is 0 Å². The maximum absolute atomic E-state index is 12.1. The Hall–Kier alpha value is -1.22. The van der Waals surface area contributed by atoms with Gasteiger partial charge < -0.3 is 5.73 Å². The van der Waals surface area contributed by atoms with Gasteiger partial charge in [0.2, 0.25) is 10.0 Å². The van der Waals surface area contributed by atoms with Gasteiger partial charge >= 0.3 is 0 Å². The minimum absolute atomic E-state index is 0.242. The second kappa shape index (κ2) is 5.83. The Balaban J connectivity index is 2.04. The molecular formula is C11H16N4O2S2. The molecule has 0 saturated heterocycles. The van der Waals surface area contributed by atoms with Crippen LogP contribution in [0.4, 0.5) is 0 Å². The Morgan fingerprint density at radius 3 is 2.89 bits per heavy atom. The van der Waals surface area contributed by atoms with E-state index in [-0.39, 0.29) is 6.04 Å². The Bertz CT molecular complexity index is 619. The van der Waals surface area contributed by atoms with Crippen molar-refractivity contribution in [3.05, 3.63) is 35.5 Å². The zero-order valence-electron chi connectivity index (χ0n) is 10.5. The highest BCUT2D eigenvalue weighted by atomic mass is 32.2. The topological polar surface area (TPSA) is 90.0 Å². The van der Waals surface area contributed by atoms with E-state index >= 15 is 0 Å². The minimum Gasteiger partial charge on any atom is -0.326 e. The summed E-state index contributed by atoms with van der Waals surface area (Å²) in [6.07, 6.45) is 3.45. The number of hydrogen-bond donors (Lipinski definition) is 2. The predicted molar refractivity (Wildman–Crippen MR) is 74.2 cm³/mol. The van der Waals surface area contributed by atoms with Gasteiger partial charge in [0.15, 0.2) is 0 Å². The number of thiophene rings is 1. The first kappa shape index (κ1) is 14.2. The SMILES string of the molecule is CC(Cn1cccn1)NS(=O)(=O)c1ccc(CN)s1. The molecule has 104 valence electrons. The fraction of sp³-hybridized carbons (Fsp3) is 0.364. The van der Waals surface area contributed by atoms with Gasteiger partial charge in [0.25, 0.3) is 0 Å². The molecule has 3 N–H and O–H groups in total. The molecule has 0 spiro atoms. The van der Waals surface area contributed by atoms with Crippen molar-refractivity contribution < 1.29 is 8.42 Å². The largest absolute Gasteiger partial charge is 0.326 e. The molecule has 2 heterocycles. The van der Waals surface area contributed by atoms with Crippen LogP contribution in [0.15, 0.2) is 34.8 Å². The number of rotatable bonds is 6. The number of nitrogens with zero attached hydrogens (tertiary/aromatic N) is 2. The van der Waals surface area contributed by atoms with Gasteiger partial charge in [-0.1, -0.05) is 0 Å². The quantitative estimate of drug-likeness (QED) is 0.824. The lowest BCUT2D eigenvalue weighted by Crippen LogP contribution is -2.35. The Labute approximate surface area is 116 Å². The number of nitrogens with two attached hydrogens (primary N) is 1. The molecule has 0 aliphatic heterocycles. The van der Waals surface area contributed by atoms with E-state index in [0.29, 0.717) is 17.3 Å². The molecule has 8 heteroatoms. The van der Waals surface area contributed by atoms with Gasteiger partial charge in [0.1, 0.15) is 4.21 Å². The van der Waals surface area contributed by atoms with Crippen LogP contribution in [-0.4, -0.2) is 24.2 Å². The number of nitrogens with one attached hydrogen (secondary N) is 1. The lowest BCUT2D eigenvalue weighted by Gasteiger charge is -2.13. The maximum Gasteiger partial charge on any atom is 0.250 e. The second-order valence-corrected chi connectivity index (χ2v) is 7.28. The van der Waals surface area contributed by atoms with Crippen molar-refractivity contribution in [1.82, 2.24) is 14.5 Å². The summed E-state index contributed by atoms with van der Waals surface area (Å²) in [5, 5.41) is 4.04. The molecule has 0 bridgehead atoms. The summed E-state index contributed by atoms with van der Waals surface area (Å²) in [6, 6.07) is 4.87. The molecule has 2 aromatic heterocycles. The highest BCUT2D eigenvalue weighted by Gasteiger charge is 2.19. The van der Waals surface area contributed by atoms with Gasteiger partial charge in [-0.3, -0.25) is 4.68 Å². The van der Waals surface area contributed by atoms with Crippen molar-refractivity contribution in [1.29, 1.82) is 0 Å². The smallest absolute Gasteiger partial charge is 0.250 e. The number of hydrogen-bond acceptors (Lipinski definition) is 5. The van der Waals surface area contributed by atoms with Crippen LogP contribution < -0.4 is 10.5 Å². The molecule has 0 aromatic carbocycles. The van der Waals surface area contributed by atoms with Gasteiger partial charge in [-0.2, -0.15) is 5.10 Å². The predicted octanol–water partition coefficient (Wildman–Crippen LogP) is 0.770. The van der Waals surface area contributed by atoms with Gasteiger partial charge in [-0.15, -0.1) is 11.3 Å². The molecule has 1 atom stereocenters. The molecule has 0 aliphatic carbocycles. The van der Waals surface area contributed by atoms with Gasteiger partial charge in [0.05, 0.1) is 6.54 Å². The van der Waals surface area contributed by atoms with Crippen molar-refractivity contribution in [2.45, 2.75) is 30.3 Å². The highest BCUT2D eigenvalue weighted by Crippen LogP contribution is 2.21. The first-order valence-corrected chi connectivity index (χ1v) is 8.10. The third-order valence-electron chi connectivity index (χ3n) is 2.48. The van der Waals surface area contributed by atoms with E-state index in [2.05, 4.69) is 9.82 Å². The third kappa shape index (κ3) is 3.63. The first-order chi connectivity index (χ1) is 9.01. The molecule has 0 fully saturated rings. The number of sulfonamides is 1. The van der Waals surface area contributed by atoms with Crippen LogP contribution in [0.2, 0.25) is 0 Å². The van der Waals surface area contributed by atoms with E-state index in [4.69, 9.17) is 5.73 Å². The monoisotopic (exact) mass is 300 g/mol. The van der Waals surface area contributed by atoms with Gasteiger partial charge in [0, 0.05) is 29.9 Å². The van der Waals surface area contributed by atoms with Crippen molar-refractivity contribution in [2.75, 3.05) is 0 Å². The molecule has 0 radical (unpaired) electrons. The number of aromatic nitrogens is 2. The summed E-state index contributed by atoms with van der Waals surface area (Å²) in [5.74, 6) is 0. The third-order valence-corrected chi connectivity index (χ3v) is 5.67. The van der Waals surface area contributed by atoms with E-state index in [1.165, 1.54) is 11.3 Å². The zero-order valence-corrected chi connectivity index (χ0v) is 12.1. The summed E-state index contributed by atoms with van der Waals surface area (Å²) in [6.45, 7) is 2.64. The average Bonchev–Trinajstić information content (AvgIpc) is 2.97. The molecule has 19 heavy (non-hydrogen) atoms. The van der Waals surface area contributed by atoms with Crippen LogP contribution >= 0.6 is 11.3 Å². The summed E-state index contributed by atoms with van der Waals surface area (Å²) >= 11 is 1.19. The summed E-state index contributed by atoms with van der Waals surface area (Å²) in [7, 11) is -3.48. The molecular weight excluding hydrogens is 284 g/mol. The molecule has 1 unspecified atom stereocenters. The summed E-state index contributed by atoms with van der Waals surface area (Å²) in [5.41, 5.74) is 5.48. The Morgan fingerprint density at radius 1 is 1.53 bits per heavy atom. The summed E-state index contributed by atoms with van der Waals surface area (Å²) in [4.78, 5) is 0.847. The fourth-order valence-corrected chi connectivity index (χ4v) is 4.15. The van der Waals surface area contributed by atoms with Crippen LogP contribution in [0.5, 0.6) is 0 Å². The lowest BCUT2D eigenvalue weighted by molar-refractivity contribution is 0.494. The molecule has 2 rings (SSSR count). The highest BCUT2D eigenvalue weighted by molar-refractivity contribution is 7.91. The zero-order chi connectivity index (χ0) is 13.9. The Kier molecular flexibility index (Phi) is 4.35. The van der Waals surface area contributed by atoms with E-state index in [9.17, 15) is 8.42 Å². The second-order valence-electron chi connectivity index (χ2n) is 4.18. The standard InChI is InChI=1S/C11H16N4O2S2/c1-9(8-15-6-2-5-13-15)14-19(16,17)11-4-3-10(7-12)18-11/h2-6,9,14H,7-8,12H2,1H3. The average molecular weight is 300 g/mol. The normalized spacial score (nSPS) is 13.6. The van der Waals surface area contributed by atoms with E-state index in [0.717, 1.165) is 4.88 Å². The van der Waals surface area contributed by atoms with Crippen LogP contribution in [0.3, 0.4) is 0 Å². The molecule has 0 saturated carbocycles. The van der Waals surface area contributed by atoms with Crippen molar-refractivity contribution in [3.8, 4) is 0 Å². The van der Waals surface area contributed by atoms with E-state index in [1.54, 1.807) is 42.2 Å². The van der Waals surface area contributed by atoms with Gasteiger partial charge in [-0.25, -0.2) is 13.1 Å². The van der Waals surface area contributed by atoms with Crippen molar-refractivity contribution in [2.24, 2.45) is 5.73 Å². The summed E-state index contributed by atoms with van der Waals surface area (Å²) < 4.78 is 28.9. The molecule has 0 amide bonds. The van der Waals surface area contributed by atoms with Crippen molar-refractivity contribution in [3.63, 3.8) is 0 Å². The minimum atomic E-state index is -3.48. The van der Waals surface area contributed by atoms with Crippen LogP contribution in [-0.2, 0) is 23.1 Å². The van der Waals surface area contributed by atoms with Crippen molar-refractivity contribution >= 4 is 21.4 Å². The van der Waals surface area contributed by atoms with Crippen LogP contribution in [0.1, 0.15) is 11.8 Å². The molecule has 6 nitrogen and oxygen atoms in total. The maximum atomic E-state index is 12.1. The van der Waals surface area contributed by atoms with Crippen LogP contribution in [0.25, 0.3) is 0 Å². The van der Waals surface area contributed by atoms with E-state index < -0.39 is 10.0 Å². The molecule has 2 aromatic rings. The first-order valence-electron chi connectivity index (χ1n) is 5.80. The molecule has 0 aliphatic rings. The van der Waals surface area contributed by atoms with Crippen LogP contribution in [0, 0.1) is 0 Å². The fourth-order valence-electron chi connectivity index (χ4n) is 1.66.